The summed E-state index contributed by atoms with van der Waals surface area (Å²) in [7, 11) is 0. The summed E-state index contributed by atoms with van der Waals surface area (Å²) in [5.74, 6) is 1.33. The molecule has 0 heterocycles. The summed E-state index contributed by atoms with van der Waals surface area (Å²) in [6, 6.07) is 18.2. The van der Waals surface area contributed by atoms with Crippen LogP contribution in [0.15, 0.2) is 59.5 Å². The highest BCUT2D eigenvalue weighted by atomic mass is 32.2. The van der Waals surface area contributed by atoms with Crippen LogP contribution in [0.25, 0.3) is 0 Å². The van der Waals surface area contributed by atoms with E-state index in [2.05, 4.69) is 37.4 Å². The van der Waals surface area contributed by atoms with Gasteiger partial charge in [0.25, 0.3) is 0 Å². The summed E-state index contributed by atoms with van der Waals surface area (Å²) in [5, 5.41) is 2.97. The Morgan fingerprint density at radius 3 is 2.57 bits per heavy atom. The lowest BCUT2D eigenvalue weighted by Gasteiger charge is -2.09. The fraction of sp³-hybridized carbons (Fsp3) is 0.278. The van der Waals surface area contributed by atoms with Gasteiger partial charge in [0.05, 0.1) is 0 Å². The minimum Gasteiger partial charge on any atom is -0.326 e. The Labute approximate surface area is 131 Å². The monoisotopic (exact) mass is 299 g/mol. The van der Waals surface area contributed by atoms with Gasteiger partial charge in [0.1, 0.15) is 0 Å². The van der Waals surface area contributed by atoms with Crippen molar-refractivity contribution in [2.75, 3.05) is 11.1 Å². The fourth-order valence-corrected chi connectivity index (χ4v) is 2.85. The van der Waals surface area contributed by atoms with E-state index < -0.39 is 0 Å². The first-order valence-electron chi connectivity index (χ1n) is 7.23. The number of amides is 1. The van der Waals surface area contributed by atoms with Crippen LogP contribution in [-0.4, -0.2) is 11.7 Å². The van der Waals surface area contributed by atoms with Gasteiger partial charge in [-0.15, -0.1) is 11.8 Å². The molecule has 2 aromatic rings. The maximum Gasteiger partial charge on any atom is 0.225 e. The molecule has 0 aliphatic carbocycles. The zero-order chi connectivity index (χ0) is 15.1. The van der Waals surface area contributed by atoms with Gasteiger partial charge < -0.3 is 5.32 Å². The number of benzene rings is 2. The molecule has 1 N–H and O–H groups in total. The van der Waals surface area contributed by atoms with Gasteiger partial charge >= 0.3 is 0 Å². The van der Waals surface area contributed by atoms with Gasteiger partial charge in [-0.2, -0.15) is 0 Å². The van der Waals surface area contributed by atoms with Gasteiger partial charge in [0.15, 0.2) is 0 Å². The molecule has 0 radical (unpaired) electrons. The molecule has 110 valence electrons. The summed E-state index contributed by atoms with van der Waals surface area (Å²) >= 11 is 1.71. The van der Waals surface area contributed by atoms with Crippen LogP contribution < -0.4 is 5.32 Å². The lowest BCUT2D eigenvalue weighted by molar-refractivity contribution is -0.115. The molecule has 0 fully saturated rings. The molecule has 2 nitrogen and oxygen atoms in total. The molecule has 21 heavy (non-hydrogen) atoms. The van der Waals surface area contributed by atoms with Crippen LogP contribution in [0.2, 0.25) is 0 Å². The Kier molecular flexibility index (Phi) is 5.88. The van der Waals surface area contributed by atoms with Crippen molar-refractivity contribution >= 4 is 23.4 Å². The molecular formula is C18H21NOS. The van der Waals surface area contributed by atoms with E-state index in [1.807, 2.05) is 36.4 Å². The summed E-state index contributed by atoms with van der Waals surface area (Å²) in [6.45, 7) is 4.30. The van der Waals surface area contributed by atoms with E-state index in [9.17, 15) is 4.79 Å². The van der Waals surface area contributed by atoms with E-state index in [1.54, 1.807) is 11.8 Å². The Bertz CT molecular complexity index is 581. The molecule has 0 saturated heterocycles. The Morgan fingerprint density at radius 1 is 1.10 bits per heavy atom. The number of nitrogens with one attached hydrogen (secondary N) is 1. The molecule has 0 saturated carbocycles. The highest BCUT2D eigenvalue weighted by Crippen LogP contribution is 2.20. The largest absolute Gasteiger partial charge is 0.326 e. The summed E-state index contributed by atoms with van der Waals surface area (Å²) < 4.78 is 0. The lowest BCUT2D eigenvalue weighted by atomic mass is 10.0. The zero-order valence-electron chi connectivity index (χ0n) is 12.5. The molecule has 0 atom stereocenters. The first-order valence-corrected chi connectivity index (χ1v) is 8.21. The molecule has 0 spiro atoms. The Balaban J connectivity index is 1.80. The fourth-order valence-electron chi connectivity index (χ4n) is 1.98. The van der Waals surface area contributed by atoms with Gasteiger partial charge in [-0.25, -0.2) is 0 Å². The van der Waals surface area contributed by atoms with Crippen LogP contribution in [0.1, 0.15) is 31.7 Å². The number of thioether (sulfide) groups is 1. The molecule has 0 aromatic heterocycles. The zero-order valence-corrected chi connectivity index (χ0v) is 13.3. The number of rotatable bonds is 6. The van der Waals surface area contributed by atoms with Gasteiger partial charge in [-0.3, -0.25) is 4.79 Å². The van der Waals surface area contributed by atoms with Crippen molar-refractivity contribution in [3.8, 4) is 0 Å². The van der Waals surface area contributed by atoms with E-state index in [-0.39, 0.29) is 5.91 Å². The normalized spacial score (nSPS) is 10.6. The average Bonchev–Trinajstić information content (AvgIpc) is 2.48. The lowest BCUT2D eigenvalue weighted by Crippen LogP contribution is -2.12. The van der Waals surface area contributed by atoms with Crippen LogP contribution in [0.5, 0.6) is 0 Å². The number of hydrogen-bond donors (Lipinski definition) is 1. The second kappa shape index (κ2) is 7.89. The van der Waals surface area contributed by atoms with E-state index in [0.29, 0.717) is 12.3 Å². The first-order chi connectivity index (χ1) is 10.1. The van der Waals surface area contributed by atoms with Crippen LogP contribution in [0.3, 0.4) is 0 Å². The van der Waals surface area contributed by atoms with Gasteiger partial charge in [-0.1, -0.05) is 44.2 Å². The summed E-state index contributed by atoms with van der Waals surface area (Å²) in [6.07, 6.45) is 0.519. The molecule has 0 bridgehead atoms. The summed E-state index contributed by atoms with van der Waals surface area (Å²) in [5.41, 5.74) is 2.13. The summed E-state index contributed by atoms with van der Waals surface area (Å²) in [4.78, 5) is 13.2. The second-order valence-electron chi connectivity index (χ2n) is 5.24. The molecule has 0 unspecified atom stereocenters. The molecule has 2 aromatic carbocycles. The van der Waals surface area contributed by atoms with Crippen LogP contribution in [-0.2, 0) is 4.79 Å². The van der Waals surface area contributed by atoms with Crippen molar-refractivity contribution < 1.29 is 4.79 Å². The molecule has 2 rings (SSSR count). The molecule has 1 amide bonds. The van der Waals surface area contributed by atoms with Crippen LogP contribution in [0, 0.1) is 0 Å². The van der Waals surface area contributed by atoms with Crippen molar-refractivity contribution in [3.05, 3.63) is 60.2 Å². The van der Waals surface area contributed by atoms with E-state index in [0.717, 1.165) is 11.4 Å². The van der Waals surface area contributed by atoms with E-state index in [4.69, 9.17) is 0 Å². The van der Waals surface area contributed by atoms with Crippen LogP contribution in [0.4, 0.5) is 5.69 Å². The number of carbonyl (C=O) groups is 1. The van der Waals surface area contributed by atoms with Crippen molar-refractivity contribution in [1.82, 2.24) is 0 Å². The van der Waals surface area contributed by atoms with Crippen molar-refractivity contribution in [2.24, 2.45) is 0 Å². The number of hydrogen-bond acceptors (Lipinski definition) is 2. The van der Waals surface area contributed by atoms with Crippen molar-refractivity contribution in [1.29, 1.82) is 0 Å². The Hall–Kier alpha value is -1.74. The van der Waals surface area contributed by atoms with E-state index >= 15 is 0 Å². The third-order valence-electron chi connectivity index (χ3n) is 3.18. The third kappa shape index (κ3) is 5.27. The minimum atomic E-state index is 0.0688. The highest BCUT2D eigenvalue weighted by Gasteiger charge is 2.05. The van der Waals surface area contributed by atoms with Gasteiger partial charge in [-0.05, 0) is 35.7 Å². The standard InChI is InChI=1S/C18H21NOS/c1-14(2)15-7-6-8-16(13-15)19-18(20)11-12-21-17-9-4-3-5-10-17/h3-10,13-14H,11-12H2,1-2H3,(H,19,20). The molecule has 3 heteroatoms. The predicted molar refractivity (Wildman–Crippen MR) is 90.9 cm³/mol. The van der Waals surface area contributed by atoms with Crippen LogP contribution >= 0.6 is 11.8 Å². The predicted octanol–water partition coefficient (Wildman–Crippen LogP) is 4.93. The quantitative estimate of drug-likeness (QED) is 0.766. The molecular weight excluding hydrogens is 278 g/mol. The van der Waals surface area contributed by atoms with Crippen molar-refractivity contribution in [3.63, 3.8) is 0 Å². The molecule has 0 aliphatic heterocycles. The van der Waals surface area contributed by atoms with Gasteiger partial charge in [0.2, 0.25) is 5.91 Å². The highest BCUT2D eigenvalue weighted by molar-refractivity contribution is 7.99. The smallest absolute Gasteiger partial charge is 0.225 e. The number of carbonyl (C=O) groups excluding carboxylic acids is 1. The third-order valence-corrected chi connectivity index (χ3v) is 4.19. The minimum absolute atomic E-state index is 0.0688. The second-order valence-corrected chi connectivity index (χ2v) is 6.41. The number of anilines is 1. The SMILES string of the molecule is CC(C)c1cccc(NC(=O)CCSc2ccccc2)c1. The Morgan fingerprint density at radius 2 is 1.86 bits per heavy atom. The topological polar surface area (TPSA) is 29.1 Å². The van der Waals surface area contributed by atoms with Crippen molar-refractivity contribution in [2.45, 2.75) is 31.1 Å². The maximum absolute atomic E-state index is 12.0. The first kappa shape index (κ1) is 15.6. The maximum atomic E-state index is 12.0. The molecule has 0 aliphatic rings. The van der Waals surface area contributed by atoms with E-state index in [1.165, 1.54) is 10.5 Å². The average molecular weight is 299 g/mol. The van der Waals surface area contributed by atoms with Gasteiger partial charge in [0, 0.05) is 22.8 Å².